The fourth-order valence-corrected chi connectivity index (χ4v) is 2.81. The number of hydrogen-bond donors (Lipinski definition) is 0. The van der Waals surface area contributed by atoms with E-state index < -0.39 is 0 Å². The van der Waals surface area contributed by atoms with Gasteiger partial charge in [0.1, 0.15) is 0 Å². The van der Waals surface area contributed by atoms with Crippen molar-refractivity contribution in [1.82, 2.24) is 9.80 Å². The molecule has 1 aliphatic rings. The third kappa shape index (κ3) is 3.59. The SMILES string of the molecule is CCN(CC)c1ccc(C(=O)N2CCN(C(C)=O)CC2)cc1. The number of carbonyl (C=O) groups is 2. The molecule has 1 fully saturated rings. The molecule has 0 N–H and O–H groups in total. The maximum Gasteiger partial charge on any atom is 0.253 e. The van der Waals surface area contributed by atoms with Crippen molar-refractivity contribution in [2.75, 3.05) is 44.2 Å². The first-order valence-corrected chi connectivity index (χ1v) is 7.96. The minimum Gasteiger partial charge on any atom is -0.372 e. The van der Waals surface area contributed by atoms with E-state index in [2.05, 4.69) is 18.7 Å². The first-order chi connectivity index (χ1) is 10.6. The molecule has 1 aromatic carbocycles. The van der Waals surface area contributed by atoms with E-state index in [4.69, 9.17) is 0 Å². The van der Waals surface area contributed by atoms with Gasteiger partial charge in [-0.25, -0.2) is 0 Å². The minimum atomic E-state index is 0.0503. The summed E-state index contributed by atoms with van der Waals surface area (Å²) in [4.78, 5) is 29.7. The molecular formula is C17H25N3O2. The van der Waals surface area contributed by atoms with Gasteiger partial charge < -0.3 is 14.7 Å². The Morgan fingerprint density at radius 1 is 0.955 bits per heavy atom. The average Bonchev–Trinajstić information content (AvgIpc) is 2.56. The number of anilines is 1. The summed E-state index contributed by atoms with van der Waals surface area (Å²) >= 11 is 0. The van der Waals surface area contributed by atoms with Crippen LogP contribution in [0.5, 0.6) is 0 Å². The standard InChI is InChI=1S/C17H25N3O2/c1-4-18(5-2)16-8-6-15(7-9-16)17(22)20-12-10-19(11-13-20)14(3)21/h6-9H,4-5,10-13H2,1-3H3. The number of rotatable bonds is 4. The van der Waals surface area contributed by atoms with Crippen molar-refractivity contribution in [3.63, 3.8) is 0 Å². The summed E-state index contributed by atoms with van der Waals surface area (Å²) in [5.74, 6) is 0.130. The van der Waals surface area contributed by atoms with E-state index in [1.54, 1.807) is 11.8 Å². The van der Waals surface area contributed by atoms with Crippen LogP contribution in [0.15, 0.2) is 24.3 Å². The highest BCUT2D eigenvalue weighted by atomic mass is 16.2. The molecule has 1 aromatic rings. The van der Waals surface area contributed by atoms with Gasteiger partial charge in [-0.05, 0) is 38.1 Å². The molecule has 0 spiro atoms. The number of piperazine rings is 1. The lowest BCUT2D eigenvalue weighted by atomic mass is 10.1. The molecule has 120 valence electrons. The van der Waals surface area contributed by atoms with Gasteiger partial charge in [-0.3, -0.25) is 9.59 Å². The molecule has 0 unspecified atom stereocenters. The number of amides is 2. The van der Waals surface area contributed by atoms with Crippen LogP contribution in [0, 0.1) is 0 Å². The molecule has 0 bridgehead atoms. The molecule has 22 heavy (non-hydrogen) atoms. The van der Waals surface area contributed by atoms with Gasteiger partial charge in [0.2, 0.25) is 5.91 Å². The van der Waals surface area contributed by atoms with Crippen LogP contribution in [0.25, 0.3) is 0 Å². The monoisotopic (exact) mass is 303 g/mol. The quantitative estimate of drug-likeness (QED) is 0.852. The van der Waals surface area contributed by atoms with Crippen LogP contribution in [0.3, 0.4) is 0 Å². The van der Waals surface area contributed by atoms with Gasteiger partial charge in [0.05, 0.1) is 0 Å². The molecule has 0 aliphatic carbocycles. The Labute approximate surface area is 132 Å². The highest BCUT2D eigenvalue weighted by Gasteiger charge is 2.23. The average molecular weight is 303 g/mol. The number of nitrogens with zero attached hydrogens (tertiary/aromatic N) is 3. The second-order valence-corrected chi connectivity index (χ2v) is 5.52. The van der Waals surface area contributed by atoms with Crippen molar-refractivity contribution in [3.05, 3.63) is 29.8 Å². The van der Waals surface area contributed by atoms with E-state index in [1.807, 2.05) is 29.2 Å². The molecule has 5 nitrogen and oxygen atoms in total. The van der Waals surface area contributed by atoms with E-state index in [9.17, 15) is 9.59 Å². The molecule has 1 aliphatic heterocycles. The molecule has 0 saturated carbocycles. The highest BCUT2D eigenvalue weighted by molar-refractivity contribution is 5.94. The lowest BCUT2D eigenvalue weighted by molar-refractivity contribution is -0.130. The summed E-state index contributed by atoms with van der Waals surface area (Å²) in [6.07, 6.45) is 0. The van der Waals surface area contributed by atoms with Crippen LogP contribution in [0.4, 0.5) is 5.69 Å². The van der Waals surface area contributed by atoms with Crippen LogP contribution in [-0.4, -0.2) is 60.9 Å². The van der Waals surface area contributed by atoms with E-state index >= 15 is 0 Å². The Morgan fingerprint density at radius 2 is 1.45 bits per heavy atom. The Balaban J connectivity index is 2.00. The van der Waals surface area contributed by atoms with Crippen molar-refractivity contribution < 1.29 is 9.59 Å². The van der Waals surface area contributed by atoms with Crippen molar-refractivity contribution in [2.45, 2.75) is 20.8 Å². The van der Waals surface area contributed by atoms with Gasteiger partial charge in [0, 0.05) is 57.4 Å². The zero-order chi connectivity index (χ0) is 16.1. The molecule has 0 radical (unpaired) electrons. The molecule has 1 saturated heterocycles. The summed E-state index contributed by atoms with van der Waals surface area (Å²) < 4.78 is 0. The highest BCUT2D eigenvalue weighted by Crippen LogP contribution is 2.16. The smallest absolute Gasteiger partial charge is 0.253 e. The zero-order valence-corrected chi connectivity index (χ0v) is 13.7. The Morgan fingerprint density at radius 3 is 1.91 bits per heavy atom. The van der Waals surface area contributed by atoms with Crippen molar-refractivity contribution in [2.24, 2.45) is 0 Å². The second kappa shape index (κ2) is 7.29. The fourth-order valence-electron chi connectivity index (χ4n) is 2.81. The first-order valence-electron chi connectivity index (χ1n) is 7.96. The number of hydrogen-bond acceptors (Lipinski definition) is 3. The van der Waals surface area contributed by atoms with Crippen LogP contribution < -0.4 is 4.90 Å². The van der Waals surface area contributed by atoms with Crippen molar-refractivity contribution in [3.8, 4) is 0 Å². The number of benzene rings is 1. The topological polar surface area (TPSA) is 43.9 Å². The summed E-state index contributed by atoms with van der Waals surface area (Å²) in [5.41, 5.74) is 1.86. The third-order valence-electron chi connectivity index (χ3n) is 4.26. The summed E-state index contributed by atoms with van der Waals surface area (Å²) in [6.45, 7) is 10.2. The maximum absolute atomic E-state index is 12.5. The Kier molecular flexibility index (Phi) is 5.41. The van der Waals surface area contributed by atoms with E-state index in [-0.39, 0.29) is 11.8 Å². The predicted octanol–water partition coefficient (Wildman–Crippen LogP) is 1.84. The molecule has 0 aromatic heterocycles. The van der Waals surface area contributed by atoms with Gasteiger partial charge in [-0.15, -0.1) is 0 Å². The van der Waals surface area contributed by atoms with Gasteiger partial charge in [0.25, 0.3) is 5.91 Å². The molecule has 1 heterocycles. The third-order valence-corrected chi connectivity index (χ3v) is 4.26. The van der Waals surface area contributed by atoms with Crippen molar-refractivity contribution in [1.29, 1.82) is 0 Å². The van der Waals surface area contributed by atoms with Gasteiger partial charge in [-0.1, -0.05) is 0 Å². The molecular weight excluding hydrogens is 278 g/mol. The summed E-state index contributed by atoms with van der Waals surface area (Å²) in [5, 5.41) is 0. The largest absolute Gasteiger partial charge is 0.372 e. The molecule has 2 amide bonds. The summed E-state index contributed by atoms with van der Waals surface area (Å²) in [6, 6.07) is 7.80. The van der Waals surface area contributed by atoms with E-state index in [0.29, 0.717) is 31.7 Å². The van der Waals surface area contributed by atoms with Crippen LogP contribution >= 0.6 is 0 Å². The molecule has 0 atom stereocenters. The van der Waals surface area contributed by atoms with Crippen LogP contribution in [0.2, 0.25) is 0 Å². The first kappa shape index (κ1) is 16.3. The lowest BCUT2D eigenvalue weighted by Crippen LogP contribution is -2.50. The predicted molar refractivity (Wildman–Crippen MR) is 88.2 cm³/mol. The Hall–Kier alpha value is -2.04. The molecule has 5 heteroatoms. The fraction of sp³-hybridized carbons (Fsp3) is 0.529. The van der Waals surface area contributed by atoms with Gasteiger partial charge in [0.15, 0.2) is 0 Å². The maximum atomic E-state index is 12.5. The number of carbonyl (C=O) groups excluding carboxylic acids is 2. The summed E-state index contributed by atoms with van der Waals surface area (Å²) in [7, 11) is 0. The Bertz CT molecular complexity index is 515. The normalized spacial score (nSPS) is 14.9. The molecule has 2 rings (SSSR count). The van der Waals surface area contributed by atoms with Gasteiger partial charge >= 0.3 is 0 Å². The van der Waals surface area contributed by atoms with E-state index in [0.717, 1.165) is 18.8 Å². The van der Waals surface area contributed by atoms with Crippen LogP contribution in [0.1, 0.15) is 31.1 Å². The van der Waals surface area contributed by atoms with Gasteiger partial charge in [-0.2, -0.15) is 0 Å². The zero-order valence-electron chi connectivity index (χ0n) is 13.7. The van der Waals surface area contributed by atoms with Crippen molar-refractivity contribution >= 4 is 17.5 Å². The van der Waals surface area contributed by atoms with Crippen LogP contribution in [-0.2, 0) is 4.79 Å². The minimum absolute atomic E-state index is 0.0503. The second-order valence-electron chi connectivity index (χ2n) is 5.52. The van der Waals surface area contributed by atoms with E-state index in [1.165, 1.54) is 0 Å². The lowest BCUT2D eigenvalue weighted by Gasteiger charge is -2.34.